The highest BCUT2D eigenvalue weighted by Crippen LogP contribution is 2.38. The van der Waals surface area contributed by atoms with Crippen molar-refractivity contribution in [3.63, 3.8) is 0 Å². The van der Waals surface area contributed by atoms with E-state index in [0.717, 1.165) is 53.3 Å². The van der Waals surface area contributed by atoms with Crippen LogP contribution in [0.3, 0.4) is 0 Å². The molecular formula is C43H41N3O4S3. The molecule has 2 aliphatic heterocycles. The van der Waals surface area contributed by atoms with Gasteiger partial charge in [0.2, 0.25) is 0 Å². The number of fused-ring (bicyclic) bond motifs is 3. The quantitative estimate of drug-likeness (QED) is 0.0553. The van der Waals surface area contributed by atoms with Crippen LogP contribution in [0, 0.1) is 0 Å². The van der Waals surface area contributed by atoms with Crippen LogP contribution in [0.2, 0.25) is 0 Å². The van der Waals surface area contributed by atoms with Gasteiger partial charge in [-0.05, 0) is 95.1 Å². The van der Waals surface area contributed by atoms with Crippen molar-refractivity contribution in [2.75, 3.05) is 18.0 Å². The first-order valence-corrected chi connectivity index (χ1v) is 20.2. The highest BCUT2D eigenvalue weighted by atomic mass is 32.2. The molecule has 0 bridgehead atoms. The SMILES string of the molecule is CCCCCCN1c2ccccc2CCc2cc(/C=C(\C=c3/s/c(=C4/SC(=S)N(CC)C4=O)n(COC=O)c3=O)c3cccc4ccccc34)ccc21. The molecule has 53 heavy (non-hydrogen) atoms. The Morgan fingerprint density at radius 2 is 1.64 bits per heavy atom. The van der Waals surface area contributed by atoms with Crippen molar-refractivity contribution in [1.29, 1.82) is 0 Å². The van der Waals surface area contributed by atoms with Gasteiger partial charge in [0.15, 0.2) is 6.73 Å². The summed E-state index contributed by atoms with van der Waals surface area (Å²) in [6.07, 6.45) is 10.7. The first kappa shape index (κ1) is 36.6. The fourth-order valence-corrected chi connectivity index (χ4v) is 9.81. The molecule has 0 saturated carbocycles. The summed E-state index contributed by atoms with van der Waals surface area (Å²) < 4.78 is 7.69. The van der Waals surface area contributed by atoms with Crippen LogP contribution in [0.15, 0.2) is 89.7 Å². The molecule has 0 unspecified atom stereocenters. The zero-order valence-corrected chi connectivity index (χ0v) is 32.3. The van der Waals surface area contributed by atoms with Crippen LogP contribution in [0.25, 0.3) is 33.4 Å². The van der Waals surface area contributed by atoms with E-state index in [1.807, 2.05) is 31.2 Å². The van der Waals surface area contributed by atoms with Gasteiger partial charge in [0.25, 0.3) is 17.9 Å². The van der Waals surface area contributed by atoms with Crippen LogP contribution in [-0.2, 0) is 33.9 Å². The maximum Gasteiger partial charge on any atom is 0.294 e. The Hall–Kier alpha value is -4.77. The molecule has 10 heteroatoms. The normalized spacial score (nSPS) is 15.9. The lowest BCUT2D eigenvalue weighted by atomic mass is 9.95. The maximum absolute atomic E-state index is 14.1. The van der Waals surface area contributed by atoms with E-state index in [4.69, 9.17) is 17.0 Å². The summed E-state index contributed by atoms with van der Waals surface area (Å²) >= 11 is 7.86. The van der Waals surface area contributed by atoms with Crippen LogP contribution in [0.1, 0.15) is 61.8 Å². The predicted octanol–water partition coefficient (Wildman–Crippen LogP) is 8.02. The molecule has 7 rings (SSSR count). The van der Waals surface area contributed by atoms with E-state index in [9.17, 15) is 14.4 Å². The van der Waals surface area contributed by atoms with Gasteiger partial charge in [0.1, 0.15) is 13.9 Å². The zero-order valence-electron chi connectivity index (χ0n) is 29.9. The Bertz CT molecular complexity index is 2420. The van der Waals surface area contributed by atoms with Crippen LogP contribution in [-0.4, -0.2) is 39.3 Å². The highest BCUT2D eigenvalue weighted by molar-refractivity contribution is 8.30. The van der Waals surface area contributed by atoms with Crippen molar-refractivity contribution >= 4 is 96.8 Å². The summed E-state index contributed by atoms with van der Waals surface area (Å²) in [5.74, 6) is -0.258. The lowest BCUT2D eigenvalue weighted by Crippen LogP contribution is -2.34. The molecule has 3 heterocycles. The van der Waals surface area contributed by atoms with Gasteiger partial charge in [-0.15, -0.1) is 11.3 Å². The number of hydrogen-bond acceptors (Lipinski definition) is 8. The third kappa shape index (κ3) is 7.54. The number of carbonyl (C=O) groups excluding carboxylic acids is 2. The summed E-state index contributed by atoms with van der Waals surface area (Å²) in [4.78, 5) is 43.1. The minimum absolute atomic E-state index is 0.258. The van der Waals surface area contributed by atoms with Gasteiger partial charge in [-0.2, -0.15) is 0 Å². The number of para-hydroxylation sites is 1. The second-order valence-electron chi connectivity index (χ2n) is 13.1. The van der Waals surface area contributed by atoms with Crippen molar-refractivity contribution in [2.45, 2.75) is 59.1 Å². The summed E-state index contributed by atoms with van der Waals surface area (Å²) in [6.45, 7) is 5.49. The minimum atomic E-state index is -0.349. The van der Waals surface area contributed by atoms with Crippen LogP contribution in [0.4, 0.5) is 11.4 Å². The van der Waals surface area contributed by atoms with Crippen LogP contribution >= 0.6 is 35.3 Å². The molecule has 270 valence electrons. The number of rotatable bonds is 12. The summed E-state index contributed by atoms with van der Waals surface area (Å²) in [5, 5.41) is 2.14. The van der Waals surface area contributed by atoms with Crippen molar-refractivity contribution in [1.82, 2.24) is 9.47 Å². The molecule has 1 saturated heterocycles. The number of ether oxygens (including phenoxy) is 1. The van der Waals surface area contributed by atoms with Gasteiger partial charge in [-0.3, -0.25) is 23.9 Å². The first-order chi connectivity index (χ1) is 25.9. The third-order valence-electron chi connectivity index (χ3n) is 9.82. The standard InChI is InChI=1S/C43H41N3O4S3/c1-3-5-6-11-23-45-36-18-10-8-14-31(36)20-21-32-24-29(19-22-37(32)45)25-33(35-17-12-15-30-13-7-9-16-34(30)35)26-38-40(48)46(27-50-28-47)42(52-38)39-41(49)44(4-2)43(51)53-39/h7-10,12-19,22,24-26,28H,3-6,11,20-21,23,27H2,1-2H3/b33-25+,38-26-,42-39+. The molecule has 1 fully saturated rings. The van der Waals surface area contributed by atoms with Gasteiger partial charge < -0.3 is 9.64 Å². The number of nitrogens with zero attached hydrogens (tertiary/aromatic N) is 3. The van der Waals surface area contributed by atoms with Gasteiger partial charge >= 0.3 is 0 Å². The van der Waals surface area contributed by atoms with Gasteiger partial charge in [0, 0.05) is 24.5 Å². The van der Waals surface area contributed by atoms with Crippen molar-refractivity contribution in [3.05, 3.63) is 127 Å². The average Bonchev–Trinajstić information content (AvgIpc) is 3.58. The number of allylic oxidation sites excluding steroid dienone is 1. The molecule has 0 aliphatic carbocycles. The molecular weight excluding hydrogens is 719 g/mol. The number of thioether (sulfide) groups is 1. The molecule has 0 spiro atoms. The lowest BCUT2D eigenvalue weighted by molar-refractivity contribution is -0.132. The largest absolute Gasteiger partial charge is 0.446 e. The van der Waals surface area contributed by atoms with Crippen molar-refractivity contribution < 1.29 is 14.3 Å². The number of benzene rings is 4. The number of aromatic nitrogens is 1. The van der Waals surface area contributed by atoms with Gasteiger partial charge in [-0.25, -0.2) is 0 Å². The average molecular weight is 760 g/mol. The Kier molecular flexibility index (Phi) is 11.4. The Morgan fingerprint density at radius 1 is 0.868 bits per heavy atom. The number of unbranched alkanes of at least 4 members (excludes halogenated alkanes) is 3. The Labute approximate surface area is 322 Å². The minimum Gasteiger partial charge on any atom is -0.446 e. The Balaban J connectivity index is 1.40. The van der Waals surface area contributed by atoms with E-state index >= 15 is 0 Å². The molecule has 5 aromatic rings. The second kappa shape index (κ2) is 16.5. The zero-order chi connectivity index (χ0) is 36.9. The third-order valence-corrected chi connectivity index (χ3v) is 12.5. The molecule has 0 N–H and O–H groups in total. The lowest BCUT2D eigenvalue weighted by Gasteiger charge is -2.27. The van der Waals surface area contributed by atoms with E-state index in [2.05, 4.69) is 84.6 Å². The number of thiazole rings is 1. The van der Waals surface area contributed by atoms with Crippen molar-refractivity contribution in [2.24, 2.45) is 0 Å². The molecule has 4 aromatic carbocycles. The smallest absolute Gasteiger partial charge is 0.294 e. The summed E-state index contributed by atoms with van der Waals surface area (Å²) in [7, 11) is 0. The molecule has 1 amide bonds. The fourth-order valence-electron chi connectivity index (χ4n) is 7.19. The number of hydrogen-bond donors (Lipinski definition) is 0. The van der Waals surface area contributed by atoms with Crippen LogP contribution in [0.5, 0.6) is 0 Å². The van der Waals surface area contributed by atoms with E-state index in [1.165, 1.54) is 74.3 Å². The van der Waals surface area contributed by atoms with E-state index in [-0.39, 0.29) is 18.2 Å². The van der Waals surface area contributed by atoms with Crippen LogP contribution < -0.4 is 19.7 Å². The fraction of sp³-hybridized carbons (Fsp3) is 0.256. The molecule has 2 aliphatic rings. The number of aryl methyl sites for hydroxylation is 2. The molecule has 7 nitrogen and oxygen atoms in total. The summed E-state index contributed by atoms with van der Waals surface area (Å²) in [5.41, 5.74) is 7.70. The Morgan fingerprint density at radius 3 is 2.45 bits per heavy atom. The molecule has 1 aromatic heterocycles. The first-order valence-electron chi connectivity index (χ1n) is 18.1. The number of carbonyl (C=O) groups is 2. The number of amides is 1. The predicted molar refractivity (Wildman–Crippen MR) is 224 cm³/mol. The van der Waals surface area contributed by atoms with E-state index in [1.54, 1.807) is 0 Å². The maximum atomic E-state index is 14.1. The number of thiocarbonyl (C=S) groups is 1. The second-order valence-corrected chi connectivity index (χ2v) is 15.8. The summed E-state index contributed by atoms with van der Waals surface area (Å²) in [6, 6.07) is 29.9. The van der Waals surface area contributed by atoms with Gasteiger partial charge in [0.05, 0.1) is 4.53 Å². The van der Waals surface area contributed by atoms with Gasteiger partial charge in [-0.1, -0.05) is 117 Å². The monoisotopic (exact) mass is 759 g/mol. The molecule has 0 radical (unpaired) electrons. The molecule has 0 atom stereocenters. The van der Waals surface area contributed by atoms with E-state index < -0.39 is 0 Å². The number of anilines is 2. The highest BCUT2D eigenvalue weighted by Gasteiger charge is 2.33. The van der Waals surface area contributed by atoms with Crippen molar-refractivity contribution in [3.8, 4) is 0 Å². The topological polar surface area (TPSA) is 71.8 Å². The van der Waals surface area contributed by atoms with E-state index in [0.29, 0.717) is 31.4 Å².